The lowest BCUT2D eigenvalue weighted by atomic mass is 10.1. The van der Waals surface area contributed by atoms with Crippen LogP contribution in [-0.2, 0) is 0 Å². The van der Waals surface area contributed by atoms with Crippen molar-refractivity contribution in [3.8, 4) is 17.2 Å². The standard InChI is InChI=1S/C25H18O6/c1-29-17-10-8-16(9-11-17)25(28)31-21-12-7-15(14-22(21)30-2)13-20-23(26)18-5-3-4-6-19(18)24(20)27/h3-14H,1-2H3. The van der Waals surface area contributed by atoms with Gasteiger partial charge in [0.15, 0.2) is 23.1 Å². The minimum Gasteiger partial charge on any atom is -0.497 e. The quantitative estimate of drug-likeness (QED) is 0.267. The largest absolute Gasteiger partial charge is 0.497 e. The van der Waals surface area contributed by atoms with Gasteiger partial charge in [-0.2, -0.15) is 0 Å². The number of benzene rings is 3. The summed E-state index contributed by atoms with van der Waals surface area (Å²) in [5, 5.41) is 0. The fourth-order valence-corrected chi connectivity index (χ4v) is 3.31. The first-order valence-corrected chi connectivity index (χ1v) is 9.46. The Labute approximate surface area is 178 Å². The topological polar surface area (TPSA) is 78.9 Å². The van der Waals surface area contributed by atoms with Crippen LogP contribution in [0.25, 0.3) is 6.08 Å². The van der Waals surface area contributed by atoms with Crippen LogP contribution in [0.4, 0.5) is 0 Å². The molecule has 3 aromatic rings. The first-order chi connectivity index (χ1) is 15.0. The van der Waals surface area contributed by atoms with Crippen molar-refractivity contribution in [1.29, 1.82) is 0 Å². The maximum atomic E-state index is 12.6. The van der Waals surface area contributed by atoms with E-state index < -0.39 is 5.97 Å². The summed E-state index contributed by atoms with van der Waals surface area (Å²) >= 11 is 0. The second-order valence-corrected chi connectivity index (χ2v) is 6.79. The van der Waals surface area contributed by atoms with Gasteiger partial charge in [0.2, 0.25) is 0 Å². The maximum Gasteiger partial charge on any atom is 0.343 e. The predicted molar refractivity (Wildman–Crippen MR) is 114 cm³/mol. The molecule has 0 radical (unpaired) electrons. The average molecular weight is 414 g/mol. The summed E-state index contributed by atoms with van der Waals surface area (Å²) in [7, 11) is 2.99. The van der Waals surface area contributed by atoms with Crippen LogP contribution in [0.5, 0.6) is 17.2 Å². The van der Waals surface area contributed by atoms with Crippen LogP contribution >= 0.6 is 0 Å². The van der Waals surface area contributed by atoms with Crippen molar-refractivity contribution in [2.45, 2.75) is 0 Å². The molecule has 0 heterocycles. The third-order valence-electron chi connectivity index (χ3n) is 4.93. The second-order valence-electron chi connectivity index (χ2n) is 6.79. The summed E-state index contributed by atoms with van der Waals surface area (Å²) in [5.41, 5.74) is 1.82. The van der Waals surface area contributed by atoms with E-state index in [0.29, 0.717) is 33.8 Å². The Morgan fingerprint density at radius 2 is 1.42 bits per heavy atom. The fourth-order valence-electron chi connectivity index (χ4n) is 3.31. The van der Waals surface area contributed by atoms with E-state index in [2.05, 4.69) is 0 Å². The number of Topliss-reactive ketones (excluding diaryl/α,β-unsaturated/α-hetero) is 2. The van der Waals surface area contributed by atoms with Crippen molar-refractivity contribution >= 4 is 23.6 Å². The Morgan fingerprint density at radius 1 is 0.774 bits per heavy atom. The highest BCUT2D eigenvalue weighted by molar-refractivity contribution is 6.41. The number of fused-ring (bicyclic) bond motifs is 1. The van der Waals surface area contributed by atoms with Gasteiger partial charge in [0.1, 0.15) is 5.75 Å². The molecule has 0 saturated carbocycles. The number of esters is 1. The Balaban J connectivity index is 1.59. The number of hydrogen-bond donors (Lipinski definition) is 0. The molecule has 0 amide bonds. The predicted octanol–water partition coefficient (Wildman–Crippen LogP) is 4.39. The van der Waals surface area contributed by atoms with Gasteiger partial charge in [-0.1, -0.05) is 30.3 Å². The van der Waals surface area contributed by atoms with Gasteiger partial charge in [0.25, 0.3) is 0 Å². The third-order valence-corrected chi connectivity index (χ3v) is 4.93. The molecule has 0 atom stereocenters. The summed E-state index contributed by atoms with van der Waals surface area (Å²) in [4.78, 5) is 37.6. The normalized spacial score (nSPS) is 12.4. The summed E-state index contributed by atoms with van der Waals surface area (Å²) in [6.07, 6.45) is 1.52. The molecule has 6 nitrogen and oxygen atoms in total. The van der Waals surface area contributed by atoms with Gasteiger partial charge in [-0.15, -0.1) is 0 Å². The molecule has 0 N–H and O–H groups in total. The Kier molecular flexibility index (Phi) is 5.37. The van der Waals surface area contributed by atoms with Crippen molar-refractivity contribution in [3.63, 3.8) is 0 Å². The number of allylic oxidation sites excluding steroid dienone is 1. The van der Waals surface area contributed by atoms with Gasteiger partial charge < -0.3 is 14.2 Å². The van der Waals surface area contributed by atoms with Crippen LogP contribution in [0.3, 0.4) is 0 Å². The first kappa shape index (κ1) is 20.1. The van der Waals surface area contributed by atoms with Crippen molar-refractivity contribution in [3.05, 3.63) is 94.6 Å². The molecule has 1 aliphatic carbocycles. The first-order valence-electron chi connectivity index (χ1n) is 9.46. The Bertz CT molecular complexity index is 1180. The van der Waals surface area contributed by atoms with Crippen LogP contribution in [0.2, 0.25) is 0 Å². The van der Waals surface area contributed by atoms with Gasteiger partial charge in [-0.05, 0) is 48.0 Å². The molecule has 0 spiro atoms. The molecule has 6 heteroatoms. The summed E-state index contributed by atoms with van der Waals surface area (Å²) in [5.74, 6) is -0.0260. The maximum absolute atomic E-state index is 12.6. The minimum atomic E-state index is -0.552. The lowest BCUT2D eigenvalue weighted by Crippen LogP contribution is -2.09. The van der Waals surface area contributed by atoms with E-state index in [0.717, 1.165) is 0 Å². The molecule has 1 aliphatic rings. The van der Waals surface area contributed by atoms with Crippen LogP contribution in [0.15, 0.2) is 72.3 Å². The number of ether oxygens (including phenoxy) is 3. The zero-order valence-electron chi connectivity index (χ0n) is 16.9. The van der Waals surface area contributed by atoms with E-state index in [1.807, 2.05) is 0 Å². The molecule has 0 bridgehead atoms. The van der Waals surface area contributed by atoms with Gasteiger partial charge in [0.05, 0.1) is 25.4 Å². The number of rotatable bonds is 5. The van der Waals surface area contributed by atoms with Gasteiger partial charge in [0, 0.05) is 11.1 Å². The fraction of sp³-hybridized carbons (Fsp3) is 0.0800. The number of methoxy groups -OCH3 is 2. The van der Waals surface area contributed by atoms with E-state index in [1.165, 1.54) is 13.2 Å². The van der Waals surface area contributed by atoms with Crippen molar-refractivity contribution in [2.24, 2.45) is 0 Å². The number of carbonyl (C=O) groups is 3. The van der Waals surface area contributed by atoms with Crippen molar-refractivity contribution in [2.75, 3.05) is 14.2 Å². The monoisotopic (exact) mass is 414 g/mol. The summed E-state index contributed by atoms with van der Waals surface area (Å²) in [6, 6.07) is 18.1. The van der Waals surface area contributed by atoms with Gasteiger partial charge in [-0.25, -0.2) is 4.79 Å². The smallest absolute Gasteiger partial charge is 0.343 e. The molecule has 0 aliphatic heterocycles. The molecule has 3 aromatic carbocycles. The second kappa shape index (κ2) is 8.28. The number of carbonyl (C=O) groups excluding carboxylic acids is 3. The molecular weight excluding hydrogens is 396 g/mol. The SMILES string of the molecule is COc1ccc(C(=O)Oc2ccc(C=C3C(=O)c4ccccc4C3=O)cc2OC)cc1. The lowest BCUT2D eigenvalue weighted by molar-refractivity contribution is 0.0729. The Hall–Kier alpha value is -4.19. The van der Waals surface area contributed by atoms with Crippen molar-refractivity contribution in [1.82, 2.24) is 0 Å². The lowest BCUT2D eigenvalue weighted by Gasteiger charge is -2.10. The summed E-state index contributed by atoms with van der Waals surface area (Å²) in [6.45, 7) is 0. The highest BCUT2D eigenvalue weighted by Crippen LogP contribution is 2.32. The van der Waals surface area contributed by atoms with E-state index in [1.54, 1.807) is 73.8 Å². The zero-order chi connectivity index (χ0) is 22.0. The van der Waals surface area contributed by atoms with Crippen LogP contribution in [-0.4, -0.2) is 31.8 Å². The van der Waals surface area contributed by atoms with Crippen LogP contribution in [0.1, 0.15) is 36.6 Å². The molecule has 4 rings (SSSR count). The zero-order valence-corrected chi connectivity index (χ0v) is 16.9. The van der Waals surface area contributed by atoms with Crippen LogP contribution < -0.4 is 14.2 Å². The van der Waals surface area contributed by atoms with Crippen molar-refractivity contribution < 1.29 is 28.6 Å². The van der Waals surface area contributed by atoms with Gasteiger partial charge in [-0.3, -0.25) is 9.59 Å². The van der Waals surface area contributed by atoms with E-state index >= 15 is 0 Å². The number of ketones is 2. The van der Waals surface area contributed by atoms with E-state index in [-0.39, 0.29) is 22.9 Å². The number of hydrogen-bond acceptors (Lipinski definition) is 6. The highest BCUT2D eigenvalue weighted by Gasteiger charge is 2.32. The third kappa shape index (κ3) is 3.83. The molecule has 0 unspecified atom stereocenters. The van der Waals surface area contributed by atoms with Gasteiger partial charge >= 0.3 is 5.97 Å². The molecule has 31 heavy (non-hydrogen) atoms. The molecule has 0 fully saturated rings. The minimum absolute atomic E-state index is 0.0891. The van der Waals surface area contributed by atoms with E-state index in [9.17, 15) is 14.4 Å². The highest BCUT2D eigenvalue weighted by atomic mass is 16.6. The average Bonchev–Trinajstić information content (AvgIpc) is 3.05. The van der Waals surface area contributed by atoms with Crippen LogP contribution in [0, 0.1) is 0 Å². The molecule has 0 aromatic heterocycles. The molecular formula is C25H18O6. The Morgan fingerprint density at radius 3 is 2.00 bits per heavy atom. The van der Waals surface area contributed by atoms with E-state index in [4.69, 9.17) is 14.2 Å². The summed E-state index contributed by atoms with van der Waals surface area (Å²) < 4.78 is 15.9. The molecule has 154 valence electrons. The molecule has 0 saturated heterocycles.